The van der Waals surface area contributed by atoms with Gasteiger partial charge in [0, 0.05) is 58.6 Å². The Morgan fingerprint density at radius 2 is 1.55 bits per heavy atom. The molecule has 2 aliphatic heterocycles. The molecule has 1 fully saturated rings. The summed E-state index contributed by atoms with van der Waals surface area (Å²) < 4.78 is 6.30. The molecule has 0 saturated carbocycles. The lowest BCUT2D eigenvalue weighted by Gasteiger charge is -2.47. The van der Waals surface area contributed by atoms with Crippen molar-refractivity contribution in [2.75, 3.05) is 25.0 Å². The second kappa shape index (κ2) is 16.0. The number of aliphatic imine (C=N–C) groups is 1. The summed E-state index contributed by atoms with van der Waals surface area (Å²) in [6, 6.07) is 25.1. The number of nitrogens with one attached hydrogen (secondary N) is 1. The van der Waals surface area contributed by atoms with Crippen molar-refractivity contribution < 1.29 is 14.3 Å². The zero-order valence-corrected chi connectivity index (χ0v) is 34.8. The number of rotatable bonds is 9. The number of hydrogen-bond donors (Lipinski definition) is 1. The second-order valence-corrected chi connectivity index (χ2v) is 17.3. The van der Waals surface area contributed by atoms with Crippen molar-refractivity contribution in [3.63, 3.8) is 0 Å². The topological polar surface area (TPSA) is 87.1 Å². The third kappa shape index (κ3) is 8.13. The maximum Gasteiger partial charge on any atom is 0.326 e. The van der Waals surface area contributed by atoms with Crippen LogP contribution in [-0.2, 0) is 21.3 Å². The van der Waals surface area contributed by atoms with Crippen molar-refractivity contribution >= 4 is 46.7 Å². The molecular weight excluding hydrogens is 729 g/mol. The van der Waals surface area contributed by atoms with E-state index in [-0.39, 0.29) is 23.3 Å². The Balaban J connectivity index is 1.37. The largest absolute Gasteiger partial charge is 0.493 e. The second-order valence-electron chi connectivity index (χ2n) is 16.4. The molecule has 0 aliphatic carbocycles. The van der Waals surface area contributed by atoms with Crippen LogP contribution in [0.4, 0.5) is 10.5 Å². The van der Waals surface area contributed by atoms with Crippen LogP contribution in [0.3, 0.4) is 0 Å². The number of hydrogen-bond acceptors (Lipinski definition) is 5. The highest BCUT2D eigenvalue weighted by Gasteiger charge is 2.60. The van der Waals surface area contributed by atoms with Crippen LogP contribution in [0, 0.1) is 5.92 Å². The third-order valence-corrected chi connectivity index (χ3v) is 11.8. The lowest BCUT2D eigenvalue weighted by Crippen LogP contribution is -2.59. The molecule has 3 amide bonds. The van der Waals surface area contributed by atoms with Gasteiger partial charge < -0.3 is 15.0 Å². The molecule has 6 rings (SSSR count). The summed E-state index contributed by atoms with van der Waals surface area (Å²) >= 11 is 12.9. The molecule has 10 heteroatoms. The fraction of sp³-hybridized carbons (Fsp3) is 0.422. The number of piperidine rings is 1. The minimum absolute atomic E-state index is 0.0108. The molecule has 3 heterocycles. The number of urea groups is 1. The van der Waals surface area contributed by atoms with Crippen molar-refractivity contribution in [2.45, 2.75) is 97.1 Å². The van der Waals surface area contributed by atoms with Gasteiger partial charge in [0.2, 0.25) is 5.91 Å². The van der Waals surface area contributed by atoms with E-state index >= 15 is 4.79 Å². The van der Waals surface area contributed by atoms with Gasteiger partial charge in [-0.3, -0.25) is 19.7 Å². The van der Waals surface area contributed by atoms with Crippen LogP contribution < -0.4 is 10.1 Å². The number of ether oxygens (including phenoxy) is 1. The Morgan fingerprint density at radius 3 is 2.13 bits per heavy atom. The number of halogens is 2. The van der Waals surface area contributed by atoms with E-state index in [1.54, 1.807) is 6.20 Å². The molecule has 1 aromatic heterocycles. The SMILES string of the molecule is CCOc1cc(C(C)(C)C)ncc1C1=N[C@@](C)(c2ccc(Cl)cc2)[C@@](C)(c2ccc(Cl)cc2)N1C(=O)N1CCC(CC(=O)Nc2cccc(C(C)C)c2)CC1. The first-order chi connectivity index (χ1) is 26.0. The van der Waals surface area contributed by atoms with E-state index in [0.29, 0.717) is 72.1 Å². The summed E-state index contributed by atoms with van der Waals surface area (Å²) in [5.41, 5.74) is 3.01. The highest BCUT2D eigenvalue weighted by atomic mass is 35.5. The first-order valence-electron chi connectivity index (χ1n) is 19.3. The number of nitrogens with zero attached hydrogens (tertiary/aromatic N) is 4. The van der Waals surface area contributed by atoms with Crippen molar-refractivity contribution in [3.8, 4) is 5.75 Å². The number of amidine groups is 1. The van der Waals surface area contributed by atoms with Gasteiger partial charge in [-0.15, -0.1) is 0 Å². The average molecular weight is 783 g/mol. The first kappa shape index (κ1) is 40.3. The fourth-order valence-electron chi connectivity index (χ4n) is 7.78. The van der Waals surface area contributed by atoms with Crippen LogP contribution in [0.5, 0.6) is 5.75 Å². The smallest absolute Gasteiger partial charge is 0.326 e. The zero-order chi connectivity index (χ0) is 39.7. The minimum Gasteiger partial charge on any atom is -0.493 e. The number of benzene rings is 3. The van der Waals surface area contributed by atoms with Crippen molar-refractivity contribution in [3.05, 3.63) is 123 Å². The van der Waals surface area contributed by atoms with Gasteiger partial charge in [0.15, 0.2) is 0 Å². The molecule has 3 aromatic carbocycles. The van der Waals surface area contributed by atoms with Gasteiger partial charge in [-0.2, -0.15) is 0 Å². The number of carbonyl (C=O) groups is 2. The van der Waals surface area contributed by atoms with Gasteiger partial charge in [-0.05, 0) is 98.5 Å². The van der Waals surface area contributed by atoms with E-state index in [9.17, 15) is 4.79 Å². The summed E-state index contributed by atoms with van der Waals surface area (Å²) in [5, 5.41) is 4.30. The Hall–Kier alpha value is -4.40. The lowest BCUT2D eigenvalue weighted by atomic mass is 9.71. The average Bonchev–Trinajstić information content (AvgIpc) is 3.39. The van der Waals surface area contributed by atoms with E-state index in [4.69, 9.17) is 37.9 Å². The van der Waals surface area contributed by atoms with Crippen LogP contribution in [0.2, 0.25) is 10.0 Å². The van der Waals surface area contributed by atoms with E-state index in [1.807, 2.05) is 89.5 Å². The Labute approximate surface area is 336 Å². The van der Waals surface area contributed by atoms with Crippen molar-refractivity contribution in [2.24, 2.45) is 10.9 Å². The molecule has 0 unspecified atom stereocenters. The molecule has 55 heavy (non-hydrogen) atoms. The summed E-state index contributed by atoms with van der Waals surface area (Å²) in [5.74, 6) is 1.59. The Bertz CT molecular complexity index is 2050. The van der Waals surface area contributed by atoms with E-state index < -0.39 is 11.1 Å². The van der Waals surface area contributed by atoms with Crippen LogP contribution in [0.1, 0.15) is 109 Å². The number of pyridine rings is 1. The number of likely N-dealkylation sites (tertiary alicyclic amines) is 1. The molecule has 2 atom stereocenters. The number of carbonyl (C=O) groups excluding carboxylic acids is 2. The summed E-state index contributed by atoms with van der Waals surface area (Å²) in [7, 11) is 0. The molecule has 1 saturated heterocycles. The number of amides is 3. The highest BCUT2D eigenvalue weighted by Crippen LogP contribution is 2.54. The predicted molar refractivity (Wildman–Crippen MR) is 224 cm³/mol. The first-order valence-corrected chi connectivity index (χ1v) is 20.0. The number of aromatic nitrogens is 1. The highest BCUT2D eigenvalue weighted by molar-refractivity contribution is 6.30. The van der Waals surface area contributed by atoms with Crippen molar-refractivity contribution in [1.82, 2.24) is 14.8 Å². The van der Waals surface area contributed by atoms with Crippen LogP contribution in [0.15, 0.2) is 90.1 Å². The van der Waals surface area contributed by atoms with E-state index in [1.165, 1.54) is 5.56 Å². The van der Waals surface area contributed by atoms with Gasteiger partial charge >= 0.3 is 6.03 Å². The molecule has 0 spiro atoms. The standard InChI is InChI=1S/C45H53Cl2N5O3/c1-9-55-38-27-39(43(4,5)6)48-28-37(38)41-50-44(7,32-13-17-34(46)18-14-32)45(8,33-15-19-35(47)20-16-33)52(41)42(54)51-23-21-30(22-24-51)25-40(53)49-36-12-10-11-31(26-36)29(2)3/h10-20,26-30H,9,21-25H2,1-8H3,(H,49,53)/t44-,45+/m0/s1. The van der Waals surface area contributed by atoms with E-state index in [2.05, 4.69) is 59.8 Å². The van der Waals surface area contributed by atoms with Gasteiger partial charge in [-0.25, -0.2) is 4.79 Å². The minimum atomic E-state index is -1.04. The quantitative estimate of drug-likeness (QED) is 0.183. The molecule has 8 nitrogen and oxygen atoms in total. The normalized spacial score (nSPS) is 20.5. The fourth-order valence-corrected chi connectivity index (χ4v) is 8.03. The van der Waals surface area contributed by atoms with Gasteiger partial charge in [0.05, 0.1) is 12.2 Å². The van der Waals surface area contributed by atoms with Crippen LogP contribution >= 0.6 is 23.2 Å². The molecule has 2 aliphatic rings. The summed E-state index contributed by atoms with van der Waals surface area (Å²) in [6.45, 7) is 18.1. The maximum absolute atomic E-state index is 15.3. The molecule has 0 radical (unpaired) electrons. The monoisotopic (exact) mass is 781 g/mol. The Kier molecular flexibility index (Phi) is 11.7. The van der Waals surface area contributed by atoms with Gasteiger partial charge in [0.1, 0.15) is 22.7 Å². The summed E-state index contributed by atoms with van der Waals surface area (Å²) in [6.07, 6.45) is 3.58. The van der Waals surface area contributed by atoms with Crippen LogP contribution in [0.25, 0.3) is 0 Å². The zero-order valence-electron chi connectivity index (χ0n) is 33.2. The maximum atomic E-state index is 15.3. The third-order valence-electron chi connectivity index (χ3n) is 11.3. The molecule has 1 N–H and O–H groups in total. The molecule has 290 valence electrons. The lowest BCUT2D eigenvalue weighted by molar-refractivity contribution is -0.117. The van der Waals surface area contributed by atoms with Gasteiger partial charge in [0.25, 0.3) is 0 Å². The molecule has 4 aromatic rings. The molecule has 0 bridgehead atoms. The number of anilines is 1. The summed E-state index contributed by atoms with van der Waals surface area (Å²) in [4.78, 5) is 42.7. The van der Waals surface area contributed by atoms with Gasteiger partial charge in [-0.1, -0.05) is 94.2 Å². The van der Waals surface area contributed by atoms with E-state index in [0.717, 1.165) is 22.5 Å². The predicted octanol–water partition coefficient (Wildman–Crippen LogP) is 11.0. The molecular formula is C45H53Cl2N5O3. The van der Waals surface area contributed by atoms with Crippen LogP contribution in [-0.4, -0.2) is 52.3 Å². The van der Waals surface area contributed by atoms with Crippen molar-refractivity contribution in [1.29, 1.82) is 0 Å². The Morgan fingerprint density at radius 1 is 0.927 bits per heavy atom.